The van der Waals surface area contributed by atoms with Crippen LogP contribution in [0.15, 0.2) is 48.7 Å². The minimum absolute atomic E-state index is 0.0402. The standard InChI is InChI=1S/C36H38F4N6O6/c1-34(2,3)27(43-33(50)51-28(36(38,39)40)18-8-5-4-6-9-18)31(48)45-16-22-19-12-21(23(37)13-19)25(22)26(45)30(47)46-17-35(14-20(46)15-41)32(49)44-29-24(52-35)10-7-11-42-29/h4-11,19-23,25-28H,12-14,16-17H2,1-3H3,(H,43,50)(H,42,44,49). The van der Waals surface area contributed by atoms with E-state index in [1.165, 1.54) is 34.2 Å². The van der Waals surface area contributed by atoms with Crippen LogP contribution >= 0.6 is 0 Å². The van der Waals surface area contributed by atoms with Gasteiger partial charge in [-0.05, 0) is 54.1 Å². The highest BCUT2D eigenvalue weighted by molar-refractivity contribution is 6.01. The molecule has 2 aromatic rings. The Morgan fingerprint density at radius 1 is 1.10 bits per heavy atom. The molecule has 4 heterocycles. The van der Waals surface area contributed by atoms with E-state index in [-0.39, 0.29) is 54.9 Å². The Kier molecular flexibility index (Phi) is 8.61. The van der Waals surface area contributed by atoms with Gasteiger partial charge in [0.15, 0.2) is 11.6 Å². The average Bonchev–Trinajstić information content (AvgIpc) is 3.85. The quantitative estimate of drug-likeness (QED) is 0.426. The molecule has 276 valence electrons. The molecular formula is C36H38F4N6O6. The molecule has 4 fully saturated rings. The highest BCUT2D eigenvalue weighted by Crippen LogP contribution is 2.59. The number of carbonyl (C=O) groups is 4. The molecule has 52 heavy (non-hydrogen) atoms. The van der Waals surface area contributed by atoms with Crippen molar-refractivity contribution < 1.29 is 46.2 Å². The third kappa shape index (κ3) is 5.97. The second-order valence-electron chi connectivity index (χ2n) is 15.5. The van der Waals surface area contributed by atoms with Crippen molar-refractivity contribution in [1.29, 1.82) is 5.26 Å². The van der Waals surface area contributed by atoms with E-state index in [0.717, 1.165) is 12.1 Å². The zero-order valence-corrected chi connectivity index (χ0v) is 28.6. The highest BCUT2D eigenvalue weighted by Gasteiger charge is 2.65. The van der Waals surface area contributed by atoms with E-state index >= 15 is 4.39 Å². The fraction of sp³-hybridized carbons (Fsp3) is 0.556. The number of ether oxygens (including phenoxy) is 2. The number of alkyl halides is 4. The molecule has 2 bridgehead atoms. The molecule has 1 aromatic heterocycles. The van der Waals surface area contributed by atoms with Gasteiger partial charge in [0.05, 0.1) is 12.6 Å². The number of rotatable bonds is 5. The molecule has 2 saturated heterocycles. The molecule has 0 radical (unpaired) electrons. The smallest absolute Gasteiger partial charge is 0.429 e. The third-order valence-electron chi connectivity index (χ3n) is 11.3. The van der Waals surface area contributed by atoms with E-state index in [0.29, 0.717) is 6.42 Å². The first-order valence-electron chi connectivity index (χ1n) is 17.2. The van der Waals surface area contributed by atoms with Crippen LogP contribution in [-0.2, 0) is 19.1 Å². The molecule has 10 unspecified atom stereocenters. The molecule has 2 N–H and O–H groups in total. The molecule has 5 aliphatic rings. The van der Waals surface area contributed by atoms with E-state index in [1.807, 2.05) is 0 Å². The van der Waals surface area contributed by atoms with E-state index in [9.17, 15) is 37.6 Å². The van der Waals surface area contributed by atoms with Crippen molar-refractivity contribution in [3.8, 4) is 11.8 Å². The van der Waals surface area contributed by atoms with Crippen molar-refractivity contribution in [3.63, 3.8) is 0 Å². The van der Waals surface area contributed by atoms with Gasteiger partial charge in [0.2, 0.25) is 23.5 Å². The van der Waals surface area contributed by atoms with Crippen molar-refractivity contribution in [2.75, 3.05) is 18.4 Å². The number of hydrogen-bond donors (Lipinski definition) is 2. The molecule has 12 nitrogen and oxygen atoms in total. The first-order chi connectivity index (χ1) is 24.5. The van der Waals surface area contributed by atoms with Crippen molar-refractivity contribution >= 4 is 29.6 Å². The molecular weight excluding hydrogens is 688 g/mol. The van der Waals surface area contributed by atoms with Gasteiger partial charge in [0.25, 0.3) is 5.91 Å². The van der Waals surface area contributed by atoms with E-state index in [4.69, 9.17) is 9.47 Å². The van der Waals surface area contributed by atoms with Gasteiger partial charge in [-0.25, -0.2) is 14.2 Å². The Balaban J connectivity index is 1.18. The Morgan fingerprint density at radius 2 is 1.83 bits per heavy atom. The number of benzene rings is 1. The normalized spacial score (nSPS) is 31.6. The number of alkyl carbamates (subject to hydrolysis) is 1. The number of fused-ring (bicyclic) bond motifs is 6. The summed E-state index contributed by atoms with van der Waals surface area (Å²) in [5, 5.41) is 15.2. The number of nitriles is 1. The Bertz CT molecular complexity index is 1820. The molecule has 1 spiro atoms. The maximum atomic E-state index is 15.4. The van der Waals surface area contributed by atoms with Gasteiger partial charge in [-0.3, -0.25) is 14.4 Å². The summed E-state index contributed by atoms with van der Waals surface area (Å²) in [5.74, 6) is -3.13. The lowest BCUT2D eigenvalue weighted by molar-refractivity contribution is -0.206. The van der Waals surface area contributed by atoms with E-state index in [2.05, 4.69) is 21.7 Å². The summed E-state index contributed by atoms with van der Waals surface area (Å²) in [4.78, 5) is 62.5. The summed E-state index contributed by atoms with van der Waals surface area (Å²) < 4.78 is 68.5. The van der Waals surface area contributed by atoms with Gasteiger partial charge in [-0.15, -0.1) is 0 Å². The van der Waals surface area contributed by atoms with Gasteiger partial charge in [0.1, 0.15) is 24.3 Å². The minimum atomic E-state index is -4.96. The fourth-order valence-corrected chi connectivity index (χ4v) is 8.95. The van der Waals surface area contributed by atoms with Crippen LogP contribution in [0, 0.1) is 40.4 Å². The van der Waals surface area contributed by atoms with Gasteiger partial charge in [-0.1, -0.05) is 51.1 Å². The number of anilines is 1. The van der Waals surface area contributed by atoms with Crippen LogP contribution in [0.4, 0.5) is 28.2 Å². The third-order valence-corrected chi connectivity index (χ3v) is 11.3. The largest absolute Gasteiger partial charge is 0.472 e. The zero-order chi connectivity index (χ0) is 37.3. The first kappa shape index (κ1) is 35.5. The highest BCUT2D eigenvalue weighted by atomic mass is 19.4. The SMILES string of the molecule is CC(C)(C)C(NC(=O)OC(c1ccccc1)C(F)(F)F)C(=O)N1CC2C3CC(F)C(C3)C2C1C(=O)N1CC2(CC1C#N)Oc1cccnc1NC2=O. The van der Waals surface area contributed by atoms with Crippen molar-refractivity contribution in [3.05, 3.63) is 54.2 Å². The maximum absolute atomic E-state index is 15.4. The number of pyridine rings is 1. The van der Waals surface area contributed by atoms with Crippen molar-refractivity contribution in [2.24, 2.45) is 29.1 Å². The molecule has 4 amide bonds. The van der Waals surface area contributed by atoms with Gasteiger partial charge in [0, 0.05) is 24.7 Å². The lowest BCUT2D eigenvalue weighted by Gasteiger charge is -2.39. The fourth-order valence-electron chi connectivity index (χ4n) is 8.95. The number of nitrogens with zero attached hydrogens (tertiary/aromatic N) is 4. The lowest BCUT2D eigenvalue weighted by atomic mass is 9.77. The van der Waals surface area contributed by atoms with Crippen LogP contribution in [-0.4, -0.2) is 87.8 Å². The van der Waals surface area contributed by atoms with Gasteiger partial charge in [-0.2, -0.15) is 18.4 Å². The van der Waals surface area contributed by atoms with Crippen LogP contribution in [0.5, 0.6) is 5.75 Å². The lowest BCUT2D eigenvalue weighted by Crippen LogP contribution is -2.60. The van der Waals surface area contributed by atoms with Crippen LogP contribution in [0.25, 0.3) is 0 Å². The predicted octanol–water partition coefficient (Wildman–Crippen LogP) is 4.54. The van der Waals surface area contributed by atoms with E-state index in [1.54, 1.807) is 32.9 Å². The van der Waals surface area contributed by atoms with Crippen LogP contribution < -0.4 is 15.4 Å². The zero-order valence-electron chi connectivity index (χ0n) is 28.6. The maximum Gasteiger partial charge on any atom is 0.429 e. The van der Waals surface area contributed by atoms with Crippen LogP contribution in [0.2, 0.25) is 0 Å². The van der Waals surface area contributed by atoms with Crippen molar-refractivity contribution in [2.45, 2.75) is 82.2 Å². The number of aromatic nitrogens is 1. The molecule has 3 aliphatic heterocycles. The monoisotopic (exact) mass is 726 g/mol. The summed E-state index contributed by atoms with van der Waals surface area (Å²) >= 11 is 0. The molecule has 16 heteroatoms. The van der Waals surface area contributed by atoms with Crippen LogP contribution in [0.3, 0.4) is 0 Å². The van der Waals surface area contributed by atoms with Crippen LogP contribution in [0.1, 0.15) is 51.7 Å². The predicted molar refractivity (Wildman–Crippen MR) is 174 cm³/mol. The molecule has 2 aliphatic carbocycles. The molecule has 2 saturated carbocycles. The first-order valence-corrected chi connectivity index (χ1v) is 17.2. The Hall–Kier alpha value is -4.94. The summed E-state index contributed by atoms with van der Waals surface area (Å²) in [5.41, 5.74) is -3.04. The second-order valence-corrected chi connectivity index (χ2v) is 15.5. The molecule has 1 aromatic carbocycles. The van der Waals surface area contributed by atoms with Gasteiger partial charge >= 0.3 is 12.3 Å². The summed E-state index contributed by atoms with van der Waals surface area (Å²) in [7, 11) is 0. The minimum Gasteiger partial charge on any atom is -0.472 e. The van der Waals surface area contributed by atoms with Gasteiger partial charge < -0.3 is 29.9 Å². The molecule has 7 rings (SSSR count). The average molecular weight is 727 g/mol. The molecule has 10 atom stereocenters. The number of amides is 4. The number of nitrogens with one attached hydrogen (secondary N) is 2. The number of hydrogen-bond acceptors (Lipinski definition) is 8. The van der Waals surface area contributed by atoms with Crippen molar-refractivity contribution in [1.82, 2.24) is 20.1 Å². The Labute approximate surface area is 296 Å². The summed E-state index contributed by atoms with van der Waals surface area (Å²) in [6.07, 6.45) is -8.20. The number of likely N-dealkylation sites (tertiary alicyclic amines) is 2. The number of carbonyl (C=O) groups excluding carboxylic acids is 4. The topological polar surface area (TPSA) is 154 Å². The number of halogens is 4. The Morgan fingerprint density at radius 3 is 2.50 bits per heavy atom. The summed E-state index contributed by atoms with van der Waals surface area (Å²) in [6, 6.07) is 7.99. The van der Waals surface area contributed by atoms with E-state index < -0.39 is 83.2 Å². The second kappa shape index (κ2) is 12.6. The summed E-state index contributed by atoms with van der Waals surface area (Å²) in [6.45, 7) is 4.51.